The van der Waals surface area contributed by atoms with Gasteiger partial charge in [0.25, 0.3) is 0 Å². The summed E-state index contributed by atoms with van der Waals surface area (Å²) in [4.78, 5) is 7.27. The third-order valence-corrected chi connectivity index (χ3v) is 1.37. The van der Waals surface area contributed by atoms with Crippen molar-refractivity contribution < 1.29 is 0 Å². The fourth-order valence-electron chi connectivity index (χ4n) is 0.960. The lowest BCUT2D eigenvalue weighted by Gasteiger charge is -1.72. The molecule has 1 aromatic heterocycles. The second kappa shape index (κ2) is 1.74. The number of H-pyrrole nitrogens is 1. The van der Waals surface area contributed by atoms with Crippen LogP contribution in [0.3, 0.4) is 0 Å². The second-order valence-corrected chi connectivity index (χ2v) is 2.19. The quantitative estimate of drug-likeness (QED) is 0.476. The normalized spacial score (nSPS) is 12.1. The number of nitrogens with one attached hydrogen (secondary N) is 1. The van der Waals surface area contributed by atoms with E-state index in [1.54, 1.807) is 0 Å². The van der Waals surface area contributed by atoms with E-state index in [0.29, 0.717) is 0 Å². The molecule has 48 valence electrons. The number of hydrogen-bond acceptors (Lipinski definition) is 1. The Hall–Kier alpha value is -1.49. The minimum absolute atomic E-state index is 0.922. The van der Waals surface area contributed by atoms with Gasteiger partial charge < -0.3 is 4.98 Å². The van der Waals surface area contributed by atoms with Gasteiger partial charge in [0, 0.05) is 0 Å². The van der Waals surface area contributed by atoms with E-state index >= 15 is 0 Å². The van der Waals surface area contributed by atoms with E-state index in [1.165, 1.54) is 0 Å². The van der Waals surface area contributed by atoms with Crippen molar-refractivity contribution in [1.29, 1.82) is 0 Å². The fraction of sp³-hybridized carbons (Fsp3) is 0.125. The maximum atomic E-state index is 4.21. The zero-order valence-corrected chi connectivity index (χ0v) is 5.60. The first-order chi connectivity index (χ1) is 4.86. The molecule has 2 rings (SSSR count). The minimum atomic E-state index is 0.922. The van der Waals surface area contributed by atoms with Crippen LogP contribution in [0.15, 0.2) is 11.8 Å². The molecule has 0 aliphatic heterocycles. The van der Waals surface area contributed by atoms with Crippen LogP contribution in [0.5, 0.6) is 0 Å². The summed E-state index contributed by atoms with van der Waals surface area (Å²) in [6, 6.07) is 0. The van der Waals surface area contributed by atoms with Gasteiger partial charge in [-0.1, -0.05) is 5.73 Å². The molecule has 0 radical (unpaired) electrons. The molecular formula is C8H6N2. The SMILES string of the molecule is Cc1nc2c([nH]1)=C=C=CC=2. The van der Waals surface area contributed by atoms with Crippen molar-refractivity contribution >= 4 is 11.8 Å². The highest BCUT2D eigenvalue weighted by molar-refractivity contribution is 5.40. The summed E-state index contributed by atoms with van der Waals surface area (Å²) >= 11 is 0. The molecule has 1 heterocycles. The number of aromatic nitrogens is 2. The molecule has 0 aromatic carbocycles. The highest BCUT2D eigenvalue weighted by Crippen LogP contribution is 1.75. The first kappa shape index (κ1) is 5.31. The van der Waals surface area contributed by atoms with Crippen molar-refractivity contribution in [1.82, 2.24) is 9.97 Å². The Balaban J connectivity index is 3.09. The third-order valence-electron chi connectivity index (χ3n) is 1.37. The van der Waals surface area contributed by atoms with Gasteiger partial charge in [0.2, 0.25) is 0 Å². The second-order valence-electron chi connectivity index (χ2n) is 2.19. The highest BCUT2D eigenvalue weighted by atomic mass is 14.9. The molecule has 0 saturated heterocycles. The van der Waals surface area contributed by atoms with Crippen LogP contribution in [-0.4, -0.2) is 9.97 Å². The standard InChI is InChI=1S/C8H6N2/c1-6-9-7-4-2-3-5-8(7)10-6/h2,4H,1H3,(H,9,10). The molecule has 0 fully saturated rings. The van der Waals surface area contributed by atoms with Crippen LogP contribution in [0, 0.1) is 6.92 Å². The van der Waals surface area contributed by atoms with Crippen molar-refractivity contribution in [2.45, 2.75) is 6.92 Å². The summed E-state index contributed by atoms with van der Waals surface area (Å²) in [5.41, 5.74) is 5.78. The van der Waals surface area contributed by atoms with Gasteiger partial charge in [-0.2, -0.15) is 0 Å². The summed E-state index contributed by atoms with van der Waals surface area (Å²) in [7, 11) is 0. The van der Waals surface area contributed by atoms with Crippen LogP contribution in [0.25, 0.3) is 11.8 Å². The molecular weight excluding hydrogens is 124 g/mol. The van der Waals surface area contributed by atoms with Gasteiger partial charge in [-0.15, -0.1) is 0 Å². The maximum Gasteiger partial charge on any atom is 0.117 e. The number of aromatic amines is 1. The summed E-state index contributed by atoms with van der Waals surface area (Å²) in [6.45, 7) is 1.92. The Labute approximate surface area is 57.9 Å². The molecule has 1 N–H and O–H groups in total. The minimum Gasteiger partial charge on any atom is -0.335 e. The van der Waals surface area contributed by atoms with Gasteiger partial charge in [0.1, 0.15) is 11.2 Å². The Kier molecular flexibility index (Phi) is 0.925. The maximum absolute atomic E-state index is 4.21. The number of aryl methyl sites for hydroxylation is 1. The number of rotatable bonds is 0. The fourth-order valence-corrected chi connectivity index (χ4v) is 0.960. The topological polar surface area (TPSA) is 28.7 Å². The zero-order chi connectivity index (χ0) is 6.97. The molecule has 2 nitrogen and oxygen atoms in total. The number of fused-ring (bicyclic) bond motifs is 1. The molecule has 1 aromatic rings. The molecule has 10 heavy (non-hydrogen) atoms. The lowest BCUT2D eigenvalue weighted by Crippen LogP contribution is -2.23. The Morgan fingerprint density at radius 1 is 1.60 bits per heavy atom. The first-order valence-corrected chi connectivity index (χ1v) is 3.11. The van der Waals surface area contributed by atoms with Crippen LogP contribution in [-0.2, 0) is 0 Å². The van der Waals surface area contributed by atoms with Gasteiger partial charge in [0.15, 0.2) is 0 Å². The summed E-state index contributed by atoms with van der Waals surface area (Å²) in [6.07, 6.45) is 3.72. The van der Waals surface area contributed by atoms with Gasteiger partial charge in [0.05, 0.1) is 5.35 Å². The van der Waals surface area contributed by atoms with Crippen LogP contribution < -0.4 is 10.7 Å². The van der Waals surface area contributed by atoms with Gasteiger partial charge in [-0.05, 0) is 24.8 Å². The predicted molar refractivity (Wildman–Crippen MR) is 38.5 cm³/mol. The summed E-state index contributed by atoms with van der Waals surface area (Å²) in [5.74, 6) is 0.922. The molecule has 2 heteroatoms. The molecule has 0 unspecified atom stereocenters. The summed E-state index contributed by atoms with van der Waals surface area (Å²) < 4.78 is 0. The lowest BCUT2D eigenvalue weighted by atomic mass is 10.4. The van der Waals surface area contributed by atoms with Gasteiger partial charge >= 0.3 is 0 Å². The third kappa shape index (κ3) is 0.645. The number of allylic oxidation sites excluding steroid dienone is 1. The smallest absolute Gasteiger partial charge is 0.117 e. The average Bonchev–Trinajstić information content (AvgIpc) is 2.27. The Morgan fingerprint density at radius 2 is 2.50 bits per heavy atom. The van der Waals surface area contributed by atoms with Crippen LogP contribution in [0.4, 0.5) is 0 Å². The molecule has 0 atom stereocenters. The lowest BCUT2D eigenvalue weighted by molar-refractivity contribution is 1.13. The van der Waals surface area contributed by atoms with Crippen molar-refractivity contribution in [3.05, 3.63) is 28.3 Å². The van der Waals surface area contributed by atoms with E-state index in [4.69, 9.17) is 0 Å². The van der Waals surface area contributed by atoms with E-state index in [-0.39, 0.29) is 0 Å². The Morgan fingerprint density at radius 3 is 3.30 bits per heavy atom. The molecule has 0 saturated carbocycles. The summed E-state index contributed by atoms with van der Waals surface area (Å²) in [5, 5.41) is 1.89. The largest absolute Gasteiger partial charge is 0.335 e. The van der Waals surface area contributed by atoms with E-state index in [9.17, 15) is 0 Å². The van der Waals surface area contributed by atoms with E-state index in [1.807, 2.05) is 19.1 Å². The van der Waals surface area contributed by atoms with Crippen molar-refractivity contribution in [3.63, 3.8) is 0 Å². The Bertz CT molecular complexity index is 438. The van der Waals surface area contributed by atoms with Crippen molar-refractivity contribution in [2.75, 3.05) is 0 Å². The van der Waals surface area contributed by atoms with E-state index in [0.717, 1.165) is 16.5 Å². The van der Waals surface area contributed by atoms with E-state index in [2.05, 4.69) is 21.4 Å². The zero-order valence-electron chi connectivity index (χ0n) is 5.60. The molecule has 1 aliphatic rings. The number of imidazole rings is 1. The molecule has 0 amide bonds. The predicted octanol–water partition coefficient (Wildman–Crippen LogP) is -0.397. The van der Waals surface area contributed by atoms with Crippen LogP contribution in [0.2, 0.25) is 0 Å². The number of hydrogen-bond donors (Lipinski definition) is 1. The molecule has 0 bridgehead atoms. The highest BCUT2D eigenvalue weighted by Gasteiger charge is 1.90. The van der Waals surface area contributed by atoms with Gasteiger partial charge in [-0.25, -0.2) is 4.98 Å². The van der Waals surface area contributed by atoms with E-state index < -0.39 is 0 Å². The van der Waals surface area contributed by atoms with Gasteiger partial charge in [-0.3, -0.25) is 0 Å². The van der Waals surface area contributed by atoms with Crippen LogP contribution in [0.1, 0.15) is 5.82 Å². The monoisotopic (exact) mass is 130 g/mol. The van der Waals surface area contributed by atoms with Crippen LogP contribution >= 0.6 is 0 Å². The molecule has 1 aliphatic carbocycles. The van der Waals surface area contributed by atoms with Crippen molar-refractivity contribution in [3.8, 4) is 0 Å². The number of nitrogens with zero attached hydrogens (tertiary/aromatic N) is 1. The first-order valence-electron chi connectivity index (χ1n) is 3.11. The van der Waals surface area contributed by atoms with Crippen molar-refractivity contribution in [2.24, 2.45) is 0 Å². The molecule has 0 spiro atoms. The average molecular weight is 130 g/mol.